The number of unbranched alkanes of at least 4 members (excludes halogenated alkanes) is 1. The molecule has 3 atom stereocenters. The normalized spacial score (nSPS) is 23.9. The second-order valence-corrected chi connectivity index (χ2v) is 10.3. The van der Waals surface area contributed by atoms with Gasteiger partial charge in [-0.15, -0.1) is 0 Å². The van der Waals surface area contributed by atoms with E-state index in [1.807, 2.05) is 32.0 Å². The Hall–Kier alpha value is -3.42. The molecule has 1 heterocycles. The first kappa shape index (κ1) is 31.8. The van der Waals surface area contributed by atoms with Crippen molar-refractivity contribution in [3.05, 3.63) is 47.9 Å². The van der Waals surface area contributed by atoms with Crippen LogP contribution in [0.15, 0.2) is 52.8 Å². The molecule has 2 amide bonds. The van der Waals surface area contributed by atoms with Crippen molar-refractivity contribution in [1.82, 2.24) is 31.1 Å². The summed E-state index contributed by atoms with van der Waals surface area (Å²) in [4.78, 5) is 32.1. The van der Waals surface area contributed by atoms with Gasteiger partial charge in [0.1, 0.15) is 11.5 Å². The van der Waals surface area contributed by atoms with Crippen LogP contribution in [0.4, 0.5) is 4.39 Å². The average molecular weight is 542 g/mol. The van der Waals surface area contributed by atoms with Crippen molar-refractivity contribution < 1.29 is 14.0 Å². The minimum absolute atomic E-state index is 0.000407. The third kappa shape index (κ3) is 11.1. The fourth-order valence-corrected chi connectivity index (χ4v) is 3.76. The number of allylic oxidation sites excluding steroid dienone is 3. The summed E-state index contributed by atoms with van der Waals surface area (Å²) in [5.41, 5.74) is -0.810. The summed E-state index contributed by atoms with van der Waals surface area (Å²) in [6.07, 6.45) is 14.0. The number of rotatable bonds is 13. The van der Waals surface area contributed by atoms with E-state index in [2.05, 4.69) is 45.0 Å². The number of amides is 2. The molecule has 0 aromatic carbocycles. The van der Waals surface area contributed by atoms with Gasteiger partial charge >= 0.3 is 0 Å². The number of carbonyl (C=O) groups excluding carboxylic acids is 2. The van der Waals surface area contributed by atoms with Crippen LogP contribution < -0.4 is 21.3 Å². The van der Waals surface area contributed by atoms with Gasteiger partial charge in [-0.3, -0.25) is 14.9 Å². The van der Waals surface area contributed by atoms with Crippen LogP contribution in [-0.4, -0.2) is 92.6 Å². The smallest absolute Gasteiger partial charge is 0.246 e. The Bertz CT molecular complexity index is 1070. The Kier molecular flexibility index (Phi) is 12.4. The highest BCUT2D eigenvalue weighted by Crippen LogP contribution is 2.25. The number of hydrogen-bond acceptors (Lipinski definition) is 7. The predicted octanol–water partition coefficient (Wildman–Crippen LogP) is 1.83. The lowest BCUT2D eigenvalue weighted by Crippen LogP contribution is -2.62. The monoisotopic (exact) mass is 541 g/mol. The quantitative estimate of drug-likeness (QED) is 0.161. The van der Waals surface area contributed by atoms with Crippen molar-refractivity contribution in [3.8, 4) is 11.8 Å². The number of halogens is 1. The van der Waals surface area contributed by atoms with Gasteiger partial charge in [-0.2, -0.15) is 0 Å². The molecule has 0 bridgehead atoms. The zero-order valence-electron chi connectivity index (χ0n) is 24.1. The molecule has 0 spiro atoms. The first-order chi connectivity index (χ1) is 18.5. The van der Waals surface area contributed by atoms with Crippen molar-refractivity contribution in [2.45, 2.75) is 57.5 Å². The maximum absolute atomic E-state index is 14.9. The number of alkyl halides is 1. The summed E-state index contributed by atoms with van der Waals surface area (Å²) in [6.45, 7) is 7.34. The highest BCUT2D eigenvalue weighted by Gasteiger charge is 2.38. The molecule has 1 aliphatic carbocycles. The number of nitrogens with zero attached hydrogens (tertiary/aromatic N) is 3. The molecule has 0 aromatic heterocycles. The molecule has 9 nitrogen and oxygen atoms in total. The maximum Gasteiger partial charge on any atom is 0.246 e. The highest BCUT2D eigenvalue weighted by atomic mass is 19.1. The van der Waals surface area contributed by atoms with Gasteiger partial charge in [-0.1, -0.05) is 43.1 Å². The van der Waals surface area contributed by atoms with E-state index in [0.29, 0.717) is 25.9 Å². The van der Waals surface area contributed by atoms with Crippen molar-refractivity contribution in [2.24, 2.45) is 4.99 Å². The van der Waals surface area contributed by atoms with E-state index in [-0.39, 0.29) is 18.4 Å². The van der Waals surface area contributed by atoms with Crippen LogP contribution in [-0.2, 0) is 9.59 Å². The number of nitrogens with one attached hydrogen (secondary N) is 4. The molecule has 2 aliphatic rings. The molecule has 0 fully saturated rings. The van der Waals surface area contributed by atoms with Crippen LogP contribution in [0.2, 0.25) is 0 Å². The molecule has 214 valence electrons. The highest BCUT2D eigenvalue weighted by molar-refractivity contribution is 5.91. The van der Waals surface area contributed by atoms with Gasteiger partial charge in [0.2, 0.25) is 11.8 Å². The lowest BCUT2D eigenvalue weighted by atomic mass is 9.93. The molecular formula is C29H44FN7O2. The van der Waals surface area contributed by atoms with E-state index in [1.165, 1.54) is 24.0 Å². The first-order valence-corrected chi connectivity index (χ1v) is 13.4. The summed E-state index contributed by atoms with van der Waals surface area (Å²) in [5, 5.41) is 12.8. The van der Waals surface area contributed by atoms with Crippen LogP contribution in [0.3, 0.4) is 0 Å². The van der Waals surface area contributed by atoms with Crippen molar-refractivity contribution >= 4 is 18.0 Å². The SMILES string of the molecule is CCCNC1=C(C#CCCCNC(=O)CN(C)C(=O)/C=C/CN(C)C)C=NC(C)(NC2C=CC=CC2(C)F)N1. The van der Waals surface area contributed by atoms with E-state index < -0.39 is 17.5 Å². The fourth-order valence-electron chi connectivity index (χ4n) is 3.76. The van der Waals surface area contributed by atoms with E-state index >= 15 is 0 Å². The Morgan fingerprint density at radius 1 is 1.23 bits per heavy atom. The molecular weight excluding hydrogens is 497 g/mol. The van der Waals surface area contributed by atoms with Crippen LogP contribution in [0.5, 0.6) is 0 Å². The van der Waals surface area contributed by atoms with E-state index in [9.17, 15) is 14.0 Å². The van der Waals surface area contributed by atoms with Crippen LogP contribution in [0.1, 0.15) is 40.0 Å². The summed E-state index contributed by atoms with van der Waals surface area (Å²) < 4.78 is 14.9. The lowest BCUT2D eigenvalue weighted by Gasteiger charge is -2.39. The molecule has 0 radical (unpaired) electrons. The first-order valence-electron chi connectivity index (χ1n) is 13.4. The molecule has 39 heavy (non-hydrogen) atoms. The number of likely N-dealkylation sites (N-methyl/N-ethyl adjacent to an activating group) is 2. The van der Waals surface area contributed by atoms with Gasteiger partial charge in [-0.25, -0.2) is 9.38 Å². The Morgan fingerprint density at radius 2 is 2.00 bits per heavy atom. The van der Waals surface area contributed by atoms with Crippen LogP contribution in [0.25, 0.3) is 0 Å². The van der Waals surface area contributed by atoms with Gasteiger partial charge in [0.05, 0.1) is 18.2 Å². The minimum Gasteiger partial charge on any atom is -0.371 e. The molecule has 3 unspecified atom stereocenters. The van der Waals surface area contributed by atoms with Crippen LogP contribution in [0, 0.1) is 11.8 Å². The molecule has 0 saturated heterocycles. The van der Waals surface area contributed by atoms with Gasteiger partial charge in [0.15, 0.2) is 5.79 Å². The van der Waals surface area contributed by atoms with E-state index in [4.69, 9.17) is 0 Å². The zero-order chi connectivity index (χ0) is 28.9. The largest absolute Gasteiger partial charge is 0.371 e. The molecule has 1 aliphatic heterocycles. The number of carbonyl (C=O) groups is 2. The Balaban J connectivity index is 1.85. The molecule has 0 saturated carbocycles. The Morgan fingerprint density at radius 3 is 2.69 bits per heavy atom. The Labute approximate surface area is 232 Å². The summed E-state index contributed by atoms with van der Waals surface area (Å²) in [5.74, 6) is 5.71. The summed E-state index contributed by atoms with van der Waals surface area (Å²) >= 11 is 0. The maximum atomic E-state index is 14.9. The molecule has 2 rings (SSSR count). The van der Waals surface area contributed by atoms with Gasteiger partial charge < -0.3 is 25.8 Å². The molecule has 4 N–H and O–H groups in total. The van der Waals surface area contributed by atoms with Gasteiger partial charge in [0, 0.05) is 45.4 Å². The van der Waals surface area contributed by atoms with Gasteiger partial charge in [0.25, 0.3) is 0 Å². The van der Waals surface area contributed by atoms with Gasteiger partial charge in [-0.05, 0) is 46.9 Å². The van der Waals surface area contributed by atoms with E-state index in [0.717, 1.165) is 24.4 Å². The second kappa shape index (κ2) is 15.2. The molecule has 0 aromatic rings. The number of hydrogen-bond donors (Lipinski definition) is 4. The standard InChI is InChI=1S/C29H44FN7O2/c1-7-18-32-27-23(21-33-29(3,35-27)34-24-15-10-11-17-28(24,2)30)14-9-8-12-19-31-25(38)22-37(6)26(39)16-13-20-36(4)5/h10-11,13,15-17,21,24,32,34-35H,7-8,12,18-20,22H2,1-6H3,(H,31,38)/b16-13+. The predicted molar refractivity (Wildman–Crippen MR) is 155 cm³/mol. The van der Waals surface area contributed by atoms with E-state index in [1.54, 1.807) is 31.5 Å². The average Bonchev–Trinajstić information content (AvgIpc) is 2.86. The van der Waals surface area contributed by atoms with Crippen molar-refractivity contribution in [3.63, 3.8) is 0 Å². The second-order valence-electron chi connectivity index (χ2n) is 10.3. The number of aliphatic imine (C=N–C) groups is 1. The lowest BCUT2D eigenvalue weighted by molar-refractivity contribution is -0.131. The minimum atomic E-state index is -1.53. The zero-order valence-corrected chi connectivity index (χ0v) is 24.1. The topological polar surface area (TPSA) is 101 Å². The summed E-state index contributed by atoms with van der Waals surface area (Å²) in [6, 6.07) is -0.537. The fraction of sp³-hybridized carbons (Fsp3) is 0.552. The van der Waals surface area contributed by atoms with Crippen LogP contribution >= 0.6 is 0 Å². The molecule has 10 heteroatoms. The third-order valence-corrected chi connectivity index (χ3v) is 6.03. The third-order valence-electron chi connectivity index (χ3n) is 6.03. The van der Waals surface area contributed by atoms with Crippen molar-refractivity contribution in [2.75, 3.05) is 47.3 Å². The van der Waals surface area contributed by atoms with Crippen molar-refractivity contribution in [1.29, 1.82) is 0 Å². The summed E-state index contributed by atoms with van der Waals surface area (Å²) in [7, 11) is 5.44.